The van der Waals surface area contributed by atoms with Gasteiger partial charge in [-0.15, -0.1) is 0 Å². The van der Waals surface area contributed by atoms with Crippen LogP contribution in [0.2, 0.25) is 5.02 Å². The average molecular weight is 326 g/mol. The number of hydrogen-bond acceptors (Lipinski definition) is 3. The van der Waals surface area contributed by atoms with E-state index in [1.165, 1.54) is 18.9 Å². The summed E-state index contributed by atoms with van der Waals surface area (Å²) in [6, 6.07) is 2.98. The van der Waals surface area contributed by atoms with Gasteiger partial charge in [0.15, 0.2) is 6.23 Å². The van der Waals surface area contributed by atoms with Gasteiger partial charge in [-0.1, -0.05) is 17.2 Å². The lowest BCUT2D eigenvalue weighted by Gasteiger charge is -2.18. The Balaban J connectivity index is 1.83. The Morgan fingerprint density at radius 1 is 1.32 bits per heavy atom. The summed E-state index contributed by atoms with van der Waals surface area (Å²) in [6.45, 7) is 4.47. The highest BCUT2D eigenvalue weighted by atomic mass is 35.5. The van der Waals surface area contributed by atoms with Crippen molar-refractivity contribution >= 4 is 11.6 Å². The first-order valence-electron chi connectivity index (χ1n) is 7.74. The van der Waals surface area contributed by atoms with E-state index in [0.717, 1.165) is 24.1 Å². The maximum Gasteiger partial charge on any atom is 0.157 e. The number of ether oxygens (including phenoxy) is 2. The molecule has 2 aliphatic rings. The molecule has 0 spiro atoms. The van der Waals surface area contributed by atoms with Crippen LogP contribution in [0.5, 0.6) is 5.75 Å². The minimum atomic E-state index is -0.493. The molecule has 0 aromatic heterocycles. The zero-order valence-electron chi connectivity index (χ0n) is 12.9. The number of benzene rings is 1. The highest BCUT2D eigenvalue weighted by Gasteiger charge is 2.26. The van der Waals surface area contributed by atoms with Gasteiger partial charge >= 0.3 is 0 Å². The lowest BCUT2D eigenvalue weighted by Crippen LogP contribution is -2.16. The molecule has 0 amide bonds. The number of nitrogens with one attached hydrogen (secondary N) is 1. The average Bonchev–Trinajstić information content (AvgIpc) is 3.13. The van der Waals surface area contributed by atoms with Crippen molar-refractivity contribution in [3.8, 4) is 5.75 Å². The van der Waals surface area contributed by atoms with E-state index in [-0.39, 0.29) is 11.9 Å². The molecule has 22 heavy (non-hydrogen) atoms. The van der Waals surface area contributed by atoms with Crippen LogP contribution in [0.3, 0.4) is 0 Å². The molecule has 1 aromatic carbocycles. The topological polar surface area (TPSA) is 30.5 Å². The van der Waals surface area contributed by atoms with Crippen molar-refractivity contribution in [2.75, 3.05) is 6.61 Å². The second kappa shape index (κ2) is 6.47. The first-order valence-corrected chi connectivity index (χ1v) is 8.12. The third-order valence-electron chi connectivity index (χ3n) is 4.23. The van der Waals surface area contributed by atoms with Crippen molar-refractivity contribution in [3.63, 3.8) is 0 Å². The van der Waals surface area contributed by atoms with Gasteiger partial charge in [-0.05, 0) is 51.7 Å². The van der Waals surface area contributed by atoms with Gasteiger partial charge in [0, 0.05) is 11.3 Å². The third-order valence-corrected chi connectivity index (χ3v) is 4.53. The molecule has 1 unspecified atom stereocenters. The van der Waals surface area contributed by atoms with Gasteiger partial charge in [0.05, 0.1) is 17.7 Å². The van der Waals surface area contributed by atoms with Crippen LogP contribution < -0.4 is 10.1 Å². The van der Waals surface area contributed by atoms with Crippen LogP contribution >= 0.6 is 11.6 Å². The van der Waals surface area contributed by atoms with Crippen LogP contribution in [0, 0.1) is 5.82 Å². The van der Waals surface area contributed by atoms with E-state index in [0.29, 0.717) is 22.9 Å². The van der Waals surface area contributed by atoms with Crippen LogP contribution in [0.25, 0.3) is 0 Å². The Morgan fingerprint density at radius 2 is 2.05 bits per heavy atom. The second-order valence-electron chi connectivity index (χ2n) is 6.14. The third kappa shape index (κ3) is 3.23. The summed E-state index contributed by atoms with van der Waals surface area (Å²) >= 11 is 6.13. The predicted octanol–water partition coefficient (Wildman–Crippen LogP) is 4.71. The molecule has 5 heteroatoms. The van der Waals surface area contributed by atoms with E-state index in [1.807, 2.05) is 13.8 Å². The first kappa shape index (κ1) is 15.6. The fraction of sp³-hybridized carbons (Fsp3) is 0.529. The molecule has 0 bridgehead atoms. The molecule has 1 aliphatic heterocycles. The number of hydrogen-bond donors (Lipinski definition) is 1. The number of halogens is 2. The van der Waals surface area contributed by atoms with E-state index in [2.05, 4.69) is 5.32 Å². The van der Waals surface area contributed by atoms with Gasteiger partial charge in [-0.25, -0.2) is 4.39 Å². The predicted molar refractivity (Wildman–Crippen MR) is 84.5 cm³/mol. The van der Waals surface area contributed by atoms with Gasteiger partial charge in [0.2, 0.25) is 0 Å². The summed E-state index contributed by atoms with van der Waals surface area (Å²) in [5, 5.41) is 3.52. The monoisotopic (exact) mass is 325 g/mol. The molecule has 1 atom stereocenters. The van der Waals surface area contributed by atoms with Crippen LogP contribution in [0.15, 0.2) is 23.4 Å². The summed E-state index contributed by atoms with van der Waals surface area (Å²) in [4.78, 5) is 0. The molecule has 1 aromatic rings. The van der Waals surface area contributed by atoms with E-state index in [4.69, 9.17) is 21.1 Å². The van der Waals surface area contributed by atoms with Crippen molar-refractivity contribution in [2.24, 2.45) is 0 Å². The maximum atomic E-state index is 14.2. The molecule has 1 aliphatic carbocycles. The quantitative estimate of drug-likeness (QED) is 0.872. The first-order chi connectivity index (χ1) is 10.5. The maximum absolute atomic E-state index is 14.2. The molecule has 1 heterocycles. The zero-order chi connectivity index (χ0) is 15.7. The van der Waals surface area contributed by atoms with Crippen molar-refractivity contribution in [2.45, 2.75) is 51.9 Å². The van der Waals surface area contributed by atoms with E-state index in [1.54, 1.807) is 6.07 Å². The van der Waals surface area contributed by atoms with Crippen molar-refractivity contribution in [3.05, 3.63) is 39.8 Å². The zero-order valence-corrected chi connectivity index (χ0v) is 13.7. The van der Waals surface area contributed by atoms with E-state index in [9.17, 15) is 4.39 Å². The fourth-order valence-corrected chi connectivity index (χ4v) is 3.08. The minimum absolute atomic E-state index is 0.182. The standard InChI is InChI=1S/C17H21ClFNO2/c1-10(2)15-9-21-17(20-15)12-7-16(13(18)8-14(12)19)22-11-5-3-4-6-11/h7-8,11,17,20H,3-6,9H2,1-2H3. The van der Waals surface area contributed by atoms with Gasteiger partial charge < -0.3 is 14.8 Å². The lowest BCUT2D eigenvalue weighted by atomic mass is 10.1. The summed E-state index contributed by atoms with van der Waals surface area (Å²) in [6.07, 6.45) is 4.10. The molecule has 2 fully saturated rings. The Hall–Kier alpha value is -1.26. The van der Waals surface area contributed by atoms with E-state index >= 15 is 0 Å². The van der Waals surface area contributed by atoms with Gasteiger partial charge in [-0.3, -0.25) is 0 Å². The smallest absolute Gasteiger partial charge is 0.157 e. The summed E-state index contributed by atoms with van der Waals surface area (Å²) < 4.78 is 25.8. The normalized spacial score (nSPS) is 22.0. The molecule has 1 saturated heterocycles. The Bertz CT molecular complexity index is 593. The number of allylic oxidation sites excluding steroid dienone is 1. The van der Waals surface area contributed by atoms with E-state index < -0.39 is 6.23 Å². The van der Waals surface area contributed by atoms with Crippen LogP contribution in [0.1, 0.15) is 51.3 Å². The van der Waals surface area contributed by atoms with Crippen LogP contribution in [0.4, 0.5) is 4.39 Å². The van der Waals surface area contributed by atoms with Crippen molar-refractivity contribution in [1.29, 1.82) is 0 Å². The van der Waals surface area contributed by atoms with Crippen molar-refractivity contribution in [1.82, 2.24) is 5.32 Å². The molecular formula is C17H21ClFNO2. The van der Waals surface area contributed by atoms with Crippen molar-refractivity contribution < 1.29 is 13.9 Å². The van der Waals surface area contributed by atoms with Gasteiger partial charge in [0.25, 0.3) is 0 Å². The Labute approximate surface area is 135 Å². The second-order valence-corrected chi connectivity index (χ2v) is 6.55. The molecule has 0 radical (unpaired) electrons. The lowest BCUT2D eigenvalue weighted by molar-refractivity contribution is 0.0989. The summed E-state index contributed by atoms with van der Waals surface area (Å²) in [5.74, 6) is 0.164. The van der Waals surface area contributed by atoms with Crippen LogP contribution in [-0.4, -0.2) is 12.7 Å². The fourth-order valence-electron chi connectivity index (χ4n) is 2.89. The minimum Gasteiger partial charge on any atom is -0.489 e. The molecule has 1 saturated carbocycles. The van der Waals surface area contributed by atoms with Crippen LogP contribution in [-0.2, 0) is 4.74 Å². The molecule has 1 N–H and O–H groups in total. The largest absolute Gasteiger partial charge is 0.489 e. The SMILES string of the molecule is CC(C)=C1COC(c2cc(OC3CCCC3)c(Cl)cc2F)N1. The summed E-state index contributed by atoms with van der Waals surface area (Å²) in [7, 11) is 0. The highest BCUT2D eigenvalue weighted by Crippen LogP contribution is 2.35. The number of rotatable bonds is 3. The Kier molecular flexibility index (Phi) is 4.59. The molecule has 120 valence electrons. The molecular weight excluding hydrogens is 305 g/mol. The Morgan fingerprint density at radius 3 is 2.68 bits per heavy atom. The van der Waals surface area contributed by atoms with Gasteiger partial charge in [-0.2, -0.15) is 0 Å². The molecule has 3 rings (SSSR count). The van der Waals surface area contributed by atoms with Gasteiger partial charge in [0.1, 0.15) is 11.6 Å². The highest BCUT2D eigenvalue weighted by molar-refractivity contribution is 6.32. The summed E-state index contributed by atoms with van der Waals surface area (Å²) in [5.41, 5.74) is 2.57. The molecule has 3 nitrogen and oxygen atoms in total.